The van der Waals surface area contributed by atoms with Gasteiger partial charge in [-0.1, -0.05) is 18.2 Å². The van der Waals surface area contributed by atoms with Crippen LogP contribution in [0.25, 0.3) is 0 Å². The Bertz CT molecular complexity index is 1060. The summed E-state index contributed by atoms with van der Waals surface area (Å²) in [4.78, 5) is 40.6. The molecule has 2 aromatic carbocycles. The molecule has 3 atom stereocenters. The van der Waals surface area contributed by atoms with Gasteiger partial charge in [0.15, 0.2) is 0 Å². The van der Waals surface area contributed by atoms with E-state index < -0.39 is 30.4 Å². The number of nitrogens with two attached hydrogens (primary N) is 1. The third kappa shape index (κ3) is 4.04. The second kappa shape index (κ2) is 8.61. The van der Waals surface area contributed by atoms with Crippen molar-refractivity contribution < 1.29 is 23.9 Å². The fourth-order valence-electron chi connectivity index (χ4n) is 4.96. The molecule has 3 N–H and O–H groups in total. The summed E-state index contributed by atoms with van der Waals surface area (Å²) in [5, 5.41) is 9.74. The summed E-state index contributed by atoms with van der Waals surface area (Å²) in [6, 6.07) is 10.8. The maximum absolute atomic E-state index is 13.3. The molecule has 0 bridgehead atoms. The first-order valence-corrected chi connectivity index (χ1v) is 10.8. The maximum atomic E-state index is 13.3. The molecule has 0 radical (unpaired) electrons. The molecule has 4 rings (SSSR count). The van der Waals surface area contributed by atoms with Crippen molar-refractivity contribution in [2.45, 2.75) is 50.6 Å². The van der Waals surface area contributed by atoms with Crippen molar-refractivity contribution >= 4 is 23.6 Å². The third-order valence-corrected chi connectivity index (χ3v) is 6.54. The number of fused-ring (bicyclic) bond motifs is 1. The quantitative estimate of drug-likeness (QED) is 0.707. The smallest absolute Gasteiger partial charge is 0.414 e. The first kappa shape index (κ1) is 21.8. The number of nitrogen functional groups attached to an aromatic ring is 1. The van der Waals surface area contributed by atoms with Crippen LogP contribution in [0.4, 0.5) is 14.9 Å². The van der Waals surface area contributed by atoms with Crippen LogP contribution in [0.5, 0.6) is 0 Å². The highest BCUT2D eigenvalue weighted by molar-refractivity contribution is 5.99. The molecule has 0 spiro atoms. The molecule has 8 heteroatoms. The van der Waals surface area contributed by atoms with Gasteiger partial charge in [-0.15, -0.1) is 0 Å². The van der Waals surface area contributed by atoms with Crippen molar-refractivity contribution in [2.75, 3.05) is 12.3 Å². The van der Waals surface area contributed by atoms with Crippen LogP contribution in [0.15, 0.2) is 42.5 Å². The monoisotopic (exact) mass is 439 g/mol. The Kier molecular flexibility index (Phi) is 5.86. The Morgan fingerprint density at radius 1 is 1.12 bits per heavy atom. The number of rotatable bonds is 4. The molecule has 2 aliphatic rings. The van der Waals surface area contributed by atoms with Gasteiger partial charge in [0.25, 0.3) is 0 Å². The Morgan fingerprint density at radius 3 is 2.53 bits per heavy atom. The summed E-state index contributed by atoms with van der Waals surface area (Å²) in [5.41, 5.74) is 8.90. The first-order valence-electron chi connectivity index (χ1n) is 10.8. The van der Waals surface area contributed by atoms with Crippen molar-refractivity contribution in [3.8, 4) is 0 Å². The number of benzene rings is 2. The fraction of sp³-hybridized carbons (Fsp3) is 0.375. The van der Waals surface area contributed by atoms with E-state index in [0.717, 1.165) is 23.1 Å². The number of hydrogen-bond donors (Lipinski definition) is 2. The lowest BCUT2D eigenvalue weighted by Crippen LogP contribution is -2.48. The predicted molar refractivity (Wildman–Crippen MR) is 116 cm³/mol. The van der Waals surface area contributed by atoms with E-state index in [-0.39, 0.29) is 17.9 Å². The van der Waals surface area contributed by atoms with E-state index in [1.165, 1.54) is 12.1 Å². The van der Waals surface area contributed by atoms with Gasteiger partial charge in [-0.3, -0.25) is 9.59 Å². The van der Waals surface area contributed by atoms with E-state index in [9.17, 15) is 23.9 Å². The molecule has 3 amide bonds. The van der Waals surface area contributed by atoms with Crippen LogP contribution >= 0.6 is 0 Å². The number of likely N-dealkylation sites (tertiary alicyclic amines) is 1. The van der Waals surface area contributed by atoms with E-state index in [2.05, 4.69) is 0 Å². The van der Waals surface area contributed by atoms with Crippen LogP contribution < -0.4 is 5.73 Å². The van der Waals surface area contributed by atoms with Crippen LogP contribution in [0, 0.1) is 5.82 Å². The molecule has 1 aliphatic heterocycles. The minimum Gasteiger partial charge on any atom is -0.465 e. The summed E-state index contributed by atoms with van der Waals surface area (Å²) in [5.74, 6) is -2.01. The van der Waals surface area contributed by atoms with Gasteiger partial charge in [-0.2, -0.15) is 0 Å². The Morgan fingerprint density at radius 2 is 1.84 bits per heavy atom. The molecule has 32 heavy (non-hydrogen) atoms. The second-order valence-corrected chi connectivity index (χ2v) is 8.55. The first-order chi connectivity index (χ1) is 15.3. The second-order valence-electron chi connectivity index (χ2n) is 8.55. The third-order valence-electron chi connectivity index (χ3n) is 6.54. The van der Waals surface area contributed by atoms with Crippen LogP contribution in [-0.4, -0.2) is 45.4 Å². The molecule has 0 aromatic heterocycles. The van der Waals surface area contributed by atoms with E-state index in [1.54, 1.807) is 35.2 Å². The van der Waals surface area contributed by atoms with Crippen LogP contribution in [0.3, 0.4) is 0 Å². The predicted octanol–water partition coefficient (Wildman–Crippen LogP) is 3.70. The normalized spacial score (nSPS) is 21.9. The average Bonchev–Trinajstić information content (AvgIpc) is 3.35. The van der Waals surface area contributed by atoms with Gasteiger partial charge in [0.2, 0.25) is 11.8 Å². The van der Waals surface area contributed by atoms with Crippen molar-refractivity contribution in [2.24, 2.45) is 0 Å². The van der Waals surface area contributed by atoms with Gasteiger partial charge < -0.3 is 15.7 Å². The lowest BCUT2D eigenvalue weighted by Gasteiger charge is -2.31. The van der Waals surface area contributed by atoms with Crippen molar-refractivity contribution in [3.63, 3.8) is 0 Å². The Hall–Kier alpha value is -3.42. The largest absolute Gasteiger partial charge is 0.465 e. The molecule has 1 heterocycles. The summed E-state index contributed by atoms with van der Waals surface area (Å²) in [6.45, 7) is 1.35. The van der Waals surface area contributed by atoms with E-state index in [4.69, 9.17) is 5.73 Å². The molecule has 168 valence electrons. The van der Waals surface area contributed by atoms with E-state index in [0.29, 0.717) is 29.8 Å². The highest BCUT2D eigenvalue weighted by Gasteiger charge is 2.40. The molecular weight excluding hydrogens is 413 g/mol. The number of nitrogens with zero attached hydrogens (tertiary/aromatic N) is 2. The zero-order chi connectivity index (χ0) is 23.0. The number of halogens is 1. The van der Waals surface area contributed by atoms with Gasteiger partial charge in [0.1, 0.15) is 12.4 Å². The Balaban J connectivity index is 1.54. The van der Waals surface area contributed by atoms with Gasteiger partial charge in [-0.05, 0) is 73.6 Å². The molecule has 0 unspecified atom stereocenters. The summed E-state index contributed by atoms with van der Waals surface area (Å²) in [7, 11) is 0. The van der Waals surface area contributed by atoms with Crippen LogP contribution in [-0.2, 0) is 16.0 Å². The molecule has 1 fully saturated rings. The van der Waals surface area contributed by atoms with Crippen LogP contribution in [0.1, 0.15) is 54.8 Å². The van der Waals surface area contributed by atoms with Gasteiger partial charge in [0, 0.05) is 11.7 Å². The van der Waals surface area contributed by atoms with Crippen molar-refractivity contribution in [1.29, 1.82) is 0 Å². The highest BCUT2D eigenvalue weighted by Crippen LogP contribution is 2.38. The van der Waals surface area contributed by atoms with Crippen molar-refractivity contribution in [3.05, 3.63) is 65.0 Å². The number of carbonyl (C=O) groups excluding carboxylic acids is 2. The molecule has 2 aromatic rings. The number of hydrogen-bond acceptors (Lipinski definition) is 4. The van der Waals surface area contributed by atoms with E-state index in [1.807, 2.05) is 6.92 Å². The molecule has 1 aliphatic carbocycles. The topological polar surface area (TPSA) is 104 Å². The summed E-state index contributed by atoms with van der Waals surface area (Å²) >= 11 is 0. The lowest BCUT2D eigenvalue weighted by atomic mass is 9.99. The number of anilines is 1. The fourth-order valence-corrected chi connectivity index (χ4v) is 4.96. The summed E-state index contributed by atoms with van der Waals surface area (Å²) in [6.07, 6.45) is 1.10. The maximum Gasteiger partial charge on any atom is 0.414 e. The average molecular weight is 439 g/mol. The zero-order valence-corrected chi connectivity index (χ0v) is 17.8. The zero-order valence-electron chi connectivity index (χ0n) is 17.8. The molecule has 0 saturated carbocycles. The van der Waals surface area contributed by atoms with Gasteiger partial charge >= 0.3 is 6.09 Å². The SMILES string of the molecule is C[C@H]1CC[C@@H](c2ccc(F)cc2)N1C(=O)CN(C(=O)O)C(=O)[C@H]1CCc2cc(N)ccc21. The minimum absolute atomic E-state index is 0.113. The van der Waals surface area contributed by atoms with E-state index >= 15 is 0 Å². The molecule has 7 nitrogen and oxygen atoms in total. The standard InChI is InChI=1S/C24H26FN3O4/c1-14-2-11-21(15-3-6-17(25)7-4-15)28(14)22(29)13-27(24(31)32)23(30)20-9-5-16-12-18(26)8-10-19(16)20/h3-4,6-8,10,12,14,20-21H,2,5,9,11,13,26H2,1H3,(H,31,32)/t14-,20-,21-/m0/s1. The number of imide groups is 1. The Labute approximate surface area is 185 Å². The molecule has 1 saturated heterocycles. The highest BCUT2D eigenvalue weighted by atomic mass is 19.1. The van der Waals surface area contributed by atoms with Gasteiger partial charge in [-0.25, -0.2) is 14.1 Å². The lowest BCUT2D eigenvalue weighted by molar-refractivity contribution is -0.141. The number of carboxylic acid groups (broad SMARTS) is 1. The number of aryl methyl sites for hydroxylation is 1. The molecular formula is C24H26FN3O4. The van der Waals surface area contributed by atoms with Crippen LogP contribution in [0.2, 0.25) is 0 Å². The number of carbonyl (C=O) groups is 3. The minimum atomic E-state index is -1.45. The van der Waals surface area contributed by atoms with Gasteiger partial charge in [0.05, 0.1) is 12.0 Å². The summed E-state index contributed by atoms with van der Waals surface area (Å²) < 4.78 is 13.3. The van der Waals surface area contributed by atoms with Crippen molar-refractivity contribution in [1.82, 2.24) is 9.80 Å². The number of amides is 3.